The van der Waals surface area contributed by atoms with Crippen LogP contribution in [0.1, 0.15) is 30.4 Å². The van der Waals surface area contributed by atoms with Gasteiger partial charge in [-0.1, -0.05) is 36.2 Å². The molecule has 0 radical (unpaired) electrons. The minimum Gasteiger partial charge on any atom is -0.379 e. The molecule has 0 aromatic heterocycles. The molecule has 0 amide bonds. The van der Waals surface area contributed by atoms with Crippen LogP contribution in [-0.2, 0) is 10.2 Å². The van der Waals surface area contributed by atoms with Gasteiger partial charge in [0, 0.05) is 6.04 Å². The summed E-state index contributed by atoms with van der Waals surface area (Å²) in [6.07, 6.45) is 3.96. The summed E-state index contributed by atoms with van der Waals surface area (Å²) in [5.41, 5.74) is 3.03. The van der Waals surface area contributed by atoms with Crippen molar-refractivity contribution < 1.29 is 4.74 Å². The second kappa shape index (κ2) is 4.43. The van der Waals surface area contributed by atoms with Crippen LogP contribution in [0.5, 0.6) is 0 Å². The lowest BCUT2D eigenvalue weighted by atomic mass is 9.70. The molecule has 17 heavy (non-hydrogen) atoms. The fourth-order valence-corrected chi connectivity index (χ4v) is 3.10. The van der Waals surface area contributed by atoms with Crippen LogP contribution < -0.4 is 5.32 Å². The van der Waals surface area contributed by atoms with E-state index in [9.17, 15) is 0 Å². The average molecular weight is 231 g/mol. The Labute approximate surface area is 103 Å². The van der Waals surface area contributed by atoms with E-state index < -0.39 is 0 Å². The maximum atomic E-state index is 5.54. The van der Waals surface area contributed by atoms with Crippen LogP contribution in [0.3, 0.4) is 0 Å². The minimum atomic E-state index is 0.244. The van der Waals surface area contributed by atoms with Crippen molar-refractivity contribution in [3.63, 3.8) is 0 Å². The molecule has 1 unspecified atom stereocenters. The molecule has 2 aliphatic rings. The van der Waals surface area contributed by atoms with E-state index in [4.69, 9.17) is 4.74 Å². The zero-order valence-corrected chi connectivity index (χ0v) is 10.5. The Morgan fingerprint density at radius 3 is 2.47 bits per heavy atom. The second-order valence-electron chi connectivity index (χ2n) is 5.52. The summed E-state index contributed by atoms with van der Waals surface area (Å²) in [5, 5.41) is 3.69. The molecule has 0 spiro atoms. The Kier molecular flexibility index (Phi) is 2.93. The third-order valence-corrected chi connectivity index (χ3v) is 4.32. The lowest BCUT2D eigenvalue weighted by Crippen LogP contribution is -2.61. The van der Waals surface area contributed by atoms with E-state index in [2.05, 4.69) is 36.5 Å². The first-order chi connectivity index (χ1) is 8.31. The molecular formula is C15H21NO. The van der Waals surface area contributed by atoms with Gasteiger partial charge in [0.2, 0.25) is 0 Å². The molecule has 92 valence electrons. The van der Waals surface area contributed by atoms with E-state index in [1.807, 2.05) is 0 Å². The van der Waals surface area contributed by atoms with Crippen LogP contribution in [0.4, 0.5) is 0 Å². The first-order valence-corrected chi connectivity index (χ1v) is 6.69. The highest BCUT2D eigenvalue weighted by atomic mass is 16.5. The number of ether oxygens (including phenoxy) is 1. The summed E-state index contributed by atoms with van der Waals surface area (Å²) in [5.74, 6) is 0. The Bertz CT molecular complexity index is 374. The van der Waals surface area contributed by atoms with Crippen LogP contribution in [0, 0.1) is 6.92 Å². The van der Waals surface area contributed by atoms with Gasteiger partial charge < -0.3 is 10.1 Å². The minimum absolute atomic E-state index is 0.244. The van der Waals surface area contributed by atoms with Crippen molar-refractivity contribution in [3.05, 3.63) is 35.4 Å². The van der Waals surface area contributed by atoms with Crippen molar-refractivity contribution in [2.75, 3.05) is 19.8 Å². The van der Waals surface area contributed by atoms with Crippen LogP contribution >= 0.6 is 0 Å². The molecule has 2 heteroatoms. The summed E-state index contributed by atoms with van der Waals surface area (Å²) in [6, 6.07) is 9.62. The SMILES string of the molecule is Cc1ccc(C2(C3CCCCN3)COC2)cc1. The Morgan fingerprint density at radius 2 is 1.94 bits per heavy atom. The lowest BCUT2D eigenvalue weighted by molar-refractivity contribution is -0.0827. The molecule has 0 saturated carbocycles. The molecule has 0 aliphatic carbocycles. The fraction of sp³-hybridized carbons (Fsp3) is 0.600. The number of hydrogen-bond acceptors (Lipinski definition) is 2. The fourth-order valence-electron chi connectivity index (χ4n) is 3.10. The third kappa shape index (κ3) is 1.90. The molecule has 2 aliphatic heterocycles. The molecule has 1 aromatic carbocycles. The van der Waals surface area contributed by atoms with Gasteiger partial charge in [-0.25, -0.2) is 0 Å². The summed E-state index contributed by atoms with van der Waals surface area (Å²) >= 11 is 0. The van der Waals surface area contributed by atoms with Gasteiger partial charge in [-0.05, 0) is 31.9 Å². The molecule has 2 fully saturated rings. The van der Waals surface area contributed by atoms with Gasteiger partial charge in [0.1, 0.15) is 0 Å². The molecule has 2 nitrogen and oxygen atoms in total. The predicted molar refractivity (Wildman–Crippen MR) is 69.3 cm³/mol. The van der Waals surface area contributed by atoms with E-state index in [0.29, 0.717) is 6.04 Å². The highest BCUT2D eigenvalue weighted by molar-refractivity contribution is 5.33. The zero-order valence-electron chi connectivity index (χ0n) is 10.5. The van der Waals surface area contributed by atoms with Gasteiger partial charge in [0.15, 0.2) is 0 Å². The number of benzene rings is 1. The summed E-state index contributed by atoms with van der Waals surface area (Å²) in [6.45, 7) is 5.08. The normalized spacial score (nSPS) is 27.5. The van der Waals surface area contributed by atoms with E-state index in [0.717, 1.165) is 19.8 Å². The van der Waals surface area contributed by atoms with E-state index in [-0.39, 0.29) is 5.41 Å². The zero-order chi connectivity index (χ0) is 11.7. The van der Waals surface area contributed by atoms with Gasteiger partial charge in [-0.2, -0.15) is 0 Å². The van der Waals surface area contributed by atoms with Gasteiger partial charge in [-0.3, -0.25) is 0 Å². The van der Waals surface area contributed by atoms with E-state index in [1.165, 1.54) is 30.4 Å². The van der Waals surface area contributed by atoms with E-state index >= 15 is 0 Å². The Balaban J connectivity index is 1.87. The highest BCUT2D eigenvalue weighted by Crippen LogP contribution is 2.38. The first kappa shape index (κ1) is 11.2. The van der Waals surface area contributed by atoms with Gasteiger partial charge in [0.05, 0.1) is 18.6 Å². The maximum absolute atomic E-state index is 5.54. The molecule has 1 atom stereocenters. The van der Waals surface area contributed by atoms with Crippen molar-refractivity contribution in [2.45, 2.75) is 37.6 Å². The molecular weight excluding hydrogens is 210 g/mol. The van der Waals surface area contributed by atoms with Crippen LogP contribution in [-0.4, -0.2) is 25.8 Å². The quantitative estimate of drug-likeness (QED) is 0.844. The number of hydrogen-bond donors (Lipinski definition) is 1. The van der Waals surface area contributed by atoms with Crippen LogP contribution in [0.15, 0.2) is 24.3 Å². The van der Waals surface area contributed by atoms with Crippen LogP contribution in [0.25, 0.3) is 0 Å². The van der Waals surface area contributed by atoms with Gasteiger partial charge in [0.25, 0.3) is 0 Å². The molecule has 1 aromatic rings. The molecule has 3 rings (SSSR count). The maximum Gasteiger partial charge on any atom is 0.0600 e. The van der Waals surface area contributed by atoms with Crippen molar-refractivity contribution in [1.82, 2.24) is 5.32 Å². The topological polar surface area (TPSA) is 21.3 Å². The summed E-state index contributed by atoms with van der Waals surface area (Å²) in [7, 11) is 0. The van der Waals surface area contributed by atoms with Crippen molar-refractivity contribution in [1.29, 1.82) is 0 Å². The average Bonchev–Trinajstić information content (AvgIpc) is 2.32. The second-order valence-corrected chi connectivity index (χ2v) is 5.52. The van der Waals surface area contributed by atoms with Crippen molar-refractivity contribution in [3.8, 4) is 0 Å². The number of rotatable bonds is 2. The molecule has 2 heterocycles. The van der Waals surface area contributed by atoms with Gasteiger partial charge >= 0.3 is 0 Å². The van der Waals surface area contributed by atoms with Crippen LogP contribution in [0.2, 0.25) is 0 Å². The molecule has 1 N–H and O–H groups in total. The number of nitrogens with one attached hydrogen (secondary N) is 1. The monoisotopic (exact) mass is 231 g/mol. The Morgan fingerprint density at radius 1 is 1.18 bits per heavy atom. The smallest absolute Gasteiger partial charge is 0.0600 e. The van der Waals surface area contributed by atoms with Crippen molar-refractivity contribution in [2.24, 2.45) is 0 Å². The molecule has 2 saturated heterocycles. The number of piperidine rings is 1. The summed E-state index contributed by atoms with van der Waals surface area (Å²) in [4.78, 5) is 0. The molecule has 0 bridgehead atoms. The number of aryl methyl sites for hydroxylation is 1. The largest absolute Gasteiger partial charge is 0.379 e. The standard InChI is InChI=1S/C15H21NO/c1-12-5-7-13(8-6-12)15(10-17-11-15)14-4-2-3-9-16-14/h5-8,14,16H,2-4,9-11H2,1H3. The first-order valence-electron chi connectivity index (χ1n) is 6.69. The van der Waals surface area contributed by atoms with E-state index in [1.54, 1.807) is 0 Å². The Hall–Kier alpha value is -0.860. The lowest BCUT2D eigenvalue weighted by Gasteiger charge is -2.49. The van der Waals surface area contributed by atoms with Crippen molar-refractivity contribution >= 4 is 0 Å². The summed E-state index contributed by atoms with van der Waals surface area (Å²) < 4.78 is 5.54. The predicted octanol–water partition coefficient (Wildman–Crippen LogP) is 2.41. The van der Waals surface area contributed by atoms with Gasteiger partial charge in [-0.15, -0.1) is 0 Å². The highest BCUT2D eigenvalue weighted by Gasteiger charge is 2.47. The third-order valence-electron chi connectivity index (χ3n) is 4.32.